The van der Waals surface area contributed by atoms with E-state index < -0.39 is 0 Å². The third kappa shape index (κ3) is 3.08. The predicted octanol–water partition coefficient (Wildman–Crippen LogP) is 1.44. The maximum absolute atomic E-state index is 8.72. The Hall–Kier alpha value is -1.53. The fourth-order valence-electron chi connectivity index (χ4n) is 2.13. The first-order valence-electron chi connectivity index (χ1n) is 6.08. The molecule has 0 spiro atoms. The van der Waals surface area contributed by atoms with E-state index in [-0.39, 0.29) is 11.9 Å². The quantitative estimate of drug-likeness (QED) is 0.378. The minimum absolute atomic E-state index is 0.0285. The zero-order chi connectivity index (χ0) is 13.8. The Balaban J connectivity index is 2.19. The summed E-state index contributed by atoms with van der Waals surface area (Å²) in [6, 6.07) is 1.61. The molecule has 0 amide bonds. The van der Waals surface area contributed by atoms with Gasteiger partial charge in [-0.3, -0.25) is 0 Å². The molecule has 2 rings (SSSR count). The predicted molar refractivity (Wildman–Crippen MR) is 74.0 cm³/mol. The maximum Gasteiger partial charge on any atom is 0.171 e. The number of hydrogen-bond acceptors (Lipinski definition) is 5. The maximum atomic E-state index is 8.72. The molecule has 0 bridgehead atoms. The third-order valence-electron chi connectivity index (χ3n) is 3.12. The Bertz CT molecular complexity index is 475. The molecule has 7 heteroatoms. The summed E-state index contributed by atoms with van der Waals surface area (Å²) in [5.74, 6) is 0.570. The van der Waals surface area contributed by atoms with Crippen molar-refractivity contribution in [1.29, 1.82) is 0 Å². The lowest BCUT2D eigenvalue weighted by Gasteiger charge is -2.23. The summed E-state index contributed by atoms with van der Waals surface area (Å²) < 4.78 is 5.58. The number of hydrogen-bond donors (Lipinski definition) is 2. The molecule has 1 fully saturated rings. The van der Waals surface area contributed by atoms with Gasteiger partial charge in [0.05, 0.1) is 11.1 Å². The minimum atomic E-state index is -0.0285. The smallest absolute Gasteiger partial charge is 0.171 e. The van der Waals surface area contributed by atoms with Gasteiger partial charge in [0.15, 0.2) is 5.84 Å². The van der Waals surface area contributed by atoms with Crippen molar-refractivity contribution in [3.05, 3.63) is 22.8 Å². The van der Waals surface area contributed by atoms with Crippen molar-refractivity contribution >= 4 is 23.3 Å². The van der Waals surface area contributed by atoms with E-state index in [0.29, 0.717) is 22.9 Å². The number of pyridine rings is 1. The lowest BCUT2D eigenvalue weighted by Crippen LogP contribution is -2.30. The molecule has 0 radical (unpaired) electrons. The average Bonchev–Trinajstić information content (AvgIpc) is 2.90. The molecule has 1 aromatic heterocycles. The lowest BCUT2D eigenvalue weighted by atomic mass is 10.2. The summed E-state index contributed by atoms with van der Waals surface area (Å²) in [4.78, 5) is 6.17. The van der Waals surface area contributed by atoms with E-state index in [2.05, 4.69) is 10.1 Å². The Morgan fingerprint density at radius 1 is 1.74 bits per heavy atom. The number of nitrogens with two attached hydrogens (primary N) is 1. The van der Waals surface area contributed by atoms with Crippen LogP contribution < -0.4 is 10.6 Å². The fourth-order valence-corrected chi connectivity index (χ4v) is 2.48. The van der Waals surface area contributed by atoms with Crippen LogP contribution in [0.5, 0.6) is 0 Å². The van der Waals surface area contributed by atoms with Gasteiger partial charge in [0.25, 0.3) is 0 Å². The molecule has 1 aromatic rings. The van der Waals surface area contributed by atoms with E-state index in [0.717, 1.165) is 19.4 Å². The highest BCUT2D eigenvalue weighted by Gasteiger charge is 2.20. The summed E-state index contributed by atoms with van der Waals surface area (Å²) in [6.07, 6.45) is 3.92. The summed E-state index contributed by atoms with van der Waals surface area (Å²) >= 11 is 6.25. The average molecular weight is 285 g/mol. The van der Waals surface area contributed by atoms with Crippen LogP contribution in [0.3, 0.4) is 0 Å². The molecule has 1 unspecified atom stereocenters. The van der Waals surface area contributed by atoms with Crippen LogP contribution >= 0.6 is 11.6 Å². The van der Waals surface area contributed by atoms with Crippen LogP contribution in [-0.2, 0) is 4.74 Å². The van der Waals surface area contributed by atoms with E-state index in [1.807, 2.05) is 11.9 Å². The Labute approximate surface area is 116 Å². The Morgan fingerprint density at radius 2 is 2.53 bits per heavy atom. The standard InChI is InChI=1S/C12H17ClN4O2/c1-17(7-8-3-2-6-19-8)12-10(13)9(4-5-15-12)11(14)16-18/h4-5,8,18H,2-3,6-7H2,1H3,(H2,14,16). The van der Waals surface area contributed by atoms with Gasteiger partial charge >= 0.3 is 0 Å². The molecule has 1 atom stereocenters. The molecule has 6 nitrogen and oxygen atoms in total. The highest BCUT2D eigenvalue weighted by Crippen LogP contribution is 2.27. The van der Waals surface area contributed by atoms with Gasteiger partial charge in [-0.25, -0.2) is 4.98 Å². The van der Waals surface area contributed by atoms with E-state index in [4.69, 9.17) is 27.3 Å². The molecule has 1 aliphatic rings. The van der Waals surface area contributed by atoms with Crippen LogP contribution in [0.25, 0.3) is 0 Å². The fraction of sp³-hybridized carbons (Fsp3) is 0.500. The Morgan fingerprint density at radius 3 is 3.16 bits per heavy atom. The molecule has 2 heterocycles. The van der Waals surface area contributed by atoms with E-state index in [1.54, 1.807) is 12.3 Å². The van der Waals surface area contributed by atoms with Gasteiger partial charge < -0.3 is 20.6 Å². The lowest BCUT2D eigenvalue weighted by molar-refractivity contribution is 0.116. The molecule has 0 aromatic carbocycles. The second kappa shape index (κ2) is 6.08. The summed E-state index contributed by atoms with van der Waals surface area (Å²) in [6.45, 7) is 1.52. The number of halogens is 1. The molecule has 3 N–H and O–H groups in total. The van der Waals surface area contributed by atoms with Crippen LogP contribution in [0.15, 0.2) is 17.4 Å². The topological polar surface area (TPSA) is 84.0 Å². The van der Waals surface area contributed by atoms with Crippen LogP contribution in [0.4, 0.5) is 5.82 Å². The number of amidine groups is 1. The number of oxime groups is 1. The van der Waals surface area contributed by atoms with Crippen LogP contribution in [0.2, 0.25) is 5.02 Å². The van der Waals surface area contributed by atoms with Crippen molar-refractivity contribution in [2.75, 3.05) is 25.1 Å². The zero-order valence-corrected chi connectivity index (χ0v) is 11.5. The van der Waals surface area contributed by atoms with Crippen molar-refractivity contribution in [2.24, 2.45) is 10.9 Å². The van der Waals surface area contributed by atoms with Crippen LogP contribution in [-0.4, -0.2) is 42.3 Å². The molecule has 0 saturated carbocycles. The van der Waals surface area contributed by atoms with Crippen molar-refractivity contribution in [2.45, 2.75) is 18.9 Å². The number of rotatable bonds is 4. The normalized spacial score (nSPS) is 19.7. The van der Waals surface area contributed by atoms with Gasteiger partial charge in [-0.15, -0.1) is 0 Å². The van der Waals surface area contributed by atoms with E-state index in [9.17, 15) is 0 Å². The Kier molecular flexibility index (Phi) is 4.44. The first kappa shape index (κ1) is 13.9. The SMILES string of the molecule is CN(CC1CCCO1)c1nccc(/C(N)=N/O)c1Cl. The van der Waals surface area contributed by atoms with Crippen molar-refractivity contribution < 1.29 is 9.94 Å². The van der Waals surface area contributed by atoms with Gasteiger partial charge in [-0.05, 0) is 18.9 Å². The molecule has 19 heavy (non-hydrogen) atoms. The van der Waals surface area contributed by atoms with E-state index >= 15 is 0 Å². The van der Waals surface area contributed by atoms with Gasteiger partial charge in [0, 0.05) is 32.0 Å². The van der Waals surface area contributed by atoms with Gasteiger partial charge in [0.2, 0.25) is 0 Å². The first-order chi connectivity index (χ1) is 9.13. The summed E-state index contributed by atoms with van der Waals surface area (Å²) in [5.41, 5.74) is 6.04. The molecular weight excluding hydrogens is 268 g/mol. The summed E-state index contributed by atoms with van der Waals surface area (Å²) in [7, 11) is 1.89. The second-order valence-electron chi connectivity index (χ2n) is 4.50. The molecular formula is C12H17ClN4O2. The van der Waals surface area contributed by atoms with Gasteiger partial charge in [-0.2, -0.15) is 0 Å². The van der Waals surface area contributed by atoms with Crippen molar-refractivity contribution in [3.63, 3.8) is 0 Å². The highest BCUT2D eigenvalue weighted by atomic mass is 35.5. The van der Waals surface area contributed by atoms with Crippen LogP contribution in [0.1, 0.15) is 18.4 Å². The number of anilines is 1. The number of aromatic nitrogens is 1. The van der Waals surface area contributed by atoms with E-state index in [1.165, 1.54) is 0 Å². The van der Waals surface area contributed by atoms with Crippen molar-refractivity contribution in [3.8, 4) is 0 Å². The highest BCUT2D eigenvalue weighted by molar-refractivity contribution is 6.36. The largest absolute Gasteiger partial charge is 0.409 e. The molecule has 104 valence electrons. The molecule has 0 aliphatic carbocycles. The zero-order valence-electron chi connectivity index (χ0n) is 10.7. The molecule has 1 saturated heterocycles. The first-order valence-corrected chi connectivity index (χ1v) is 6.46. The number of likely N-dealkylation sites (N-methyl/N-ethyl adjacent to an activating group) is 1. The minimum Gasteiger partial charge on any atom is -0.409 e. The number of nitrogens with zero attached hydrogens (tertiary/aromatic N) is 3. The second-order valence-corrected chi connectivity index (χ2v) is 4.87. The van der Waals surface area contributed by atoms with Crippen LogP contribution in [0, 0.1) is 0 Å². The third-order valence-corrected chi connectivity index (χ3v) is 3.49. The summed E-state index contributed by atoms with van der Waals surface area (Å²) in [5, 5.41) is 12.1. The monoisotopic (exact) mass is 284 g/mol. The van der Waals surface area contributed by atoms with Crippen molar-refractivity contribution in [1.82, 2.24) is 4.98 Å². The van der Waals surface area contributed by atoms with Gasteiger partial charge in [-0.1, -0.05) is 16.8 Å². The molecule has 1 aliphatic heterocycles. The van der Waals surface area contributed by atoms with Gasteiger partial charge in [0.1, 0.15) is 5.82 Å². The number of ether oxygens (including phenoxy) is 1.